The Labute approximate surface area is 235 Å². The quantitative estimate of drug-likeness (QED) is 0.288. The summed E-state index contributed by atoms with van der Waals surface area (Å²) >= 11 is 0. The van der Waals surface area contributed by atoms with Crippen LogP contribution < -0.4 is 4.74 Å². The van der Waals surface area contributed by atoms with Crippen molar-refractivity contribution in [2.24, 2.45) is 23.7 Å². The molecule has 4 rings (SSSR count). The van der Waals surface area contributed by atoms with Crippen LogP contribution in [0.4, 0.5) is 0 Å². The molecule has 2 aromatic rings. The zero-order chi connectivity index (χ0) is 27.1. The van der Waals surface area contributed by atoms with Crippen molar-refractivity contribution in [3.05, 3.63) is 52.6 Å². The Balaban J connectivity index is 1.50. The van der Waals surface area contributed by atoms with E-state index in [0.717, 1.165) is 49.5 Å². The van der Waals surface area contributed by atoms with E-state index in [4.69, 9.17) is 4.74 Å². The highest BCUT2D eigenvalue weighted by Crippen LogP contribution is 2.44. The Morgan fingerprint density at radius 2 is 1.29 bits per heavy atom. The lowest BCUT2D eigenvalue weighted by molar-refractivity contribution is 0.165. The van der Waals surface area contributed by atoms with Gasteiger partial charge >= 0.3 is 0 Å². The number of aryl methyl sites for hydroxylation is 1. The third-order valence-electron chi connectivity index (χ3n) is 10.5. The number of hydrogen-bond donors (Lipinski definition) is 0. The Bertz CT molecular complexity index is 982. The van der Waals surface area contributed by atoms with Crippen LogP contribution in [-0.4, -0.2) is 6.61 Å². The van der Waals surface area contributed by atoms with Crippen LogP contribution in [0, 0.1) is 23.7 Å². The van der Waals surface area contributed by atoms with Gasteiger partial charge in [-0.3, -0.25) is 0 Å². The average Bonchev–Trinajstić information content (AvgIpc) is 2.97. The fraction of sp³-hybridized carbons (Fsp3) is 0.676. The summed E-state index contributed by atoms with van der Waals surface area (Å²) in [6, 6.07) is 12.2. The summed E-state index contributed by atoms with van der Waals surface area (Å²) in [6.07, 6.45) is 17.1. The monoisotopic (exact) mass is 516 g/mol. The molecule has 0 saturated heterocycles. The molecule has 38 heavy (non-hydrogen) atoms. The fourth-order valence-corrected chi connectivity index (χ4v) is 7.64. The van der Waals surface area contributed by atoms with Crippen molar-refractivity contribution in [1.29, 1.82) is 0 Å². The summed E-state index contributed by atoms with van der Waals surface area (Å²) in [6.45, 7) is 14.7. The third kappa shape index (κ3) is 6.68. The summed E-state index contributed by atoms with van der Waals surface area (Å²) in [7, 11) is 0. The molecule has 0 radical (unpaired) electrons. The zero-order valence-electron chi connectivity index (χ0n) is 25.6. The Morgan fingerprint density at radius 1 is 0.711 bits per heavy atom. The maximum Gasteiger partial charge on any atom is 0.125 e. The van der Waals surface area contributed by atoms with Gasteiger partial charge in [-0.05, 0) is 127 Å². The lowest BCUT2D eigenvalue weighted by Crippen LogP contribution is -2.24. The van der Waals surface area contributed by atoms with E-state index in [1.54, 1.807) is 5.56 Å². The van der Waals surface area contributed by atoms with Gasteiger partial charge in [0, 0.05) is 0 Å². The van der Waals surface area contributed by atoms with E-state index >= 15 is 0 Å². The number of rotatable bonds is 11. The molecule has 2 aliphatic rings. The second kappa shape index (κ2) is 14.0. The van der Waals surface area contributed by atoms with Crippen molar-refractivity contribution >= 4 is 0 Å². The lowest BCUT2D eigenvalue weighted by atomic mass is 9.68. The molecule has 2 fully saturated rings. The summed E-state index contributed by atoms with van der Waals surface area (Å²) < 4.78 is 6.58. The summed E-state index contributed by atoms with van der Waals surface area (Å²) in [4.78, 5) is 0. The van der Waals surface area contributed by atoms with Gasteiger partial charge in [0.15, 0.2) is 0 Å². The third-order valence-corrected chi connectivity index (χ3v) is 10.5. The molecule has 0 heterocycles. The molecule has 0 aliphatic heterocycles. The predicted octanol–water partition coefficient (Wildman–Crippen LogP) is 11.0. The van der Waals surface area contributed by atoms with E-state index in [9.17, 15) is 0 Å². The van der Waals surface area contributed by atoms with Crippen molar-refractivity contribution < 1.29 is 4.74 Å². The van der Waals surface area contributed by atoms with E-state index in [2.05, 4.69) is 71.9 Å². The molecular weight excluding hydrogens is 460 g/mol. The van der Waals surface area contributed by atoms with Gasteiger partial charge in [0.25, 0.3) is 0 Å². The predicted molar refractivity (Wildman–Crippen MR) is 165 cm³/mol. The molecule has 0 bridgehead atoms. The van der Waals surface area contributed by atoms with Crippen molar-refractivity contribution in [1.82, 2.24) is 0 Å². The second-order valence-electron chi connectivity index (χ2n) is 12.7. The Hall–Kier alpha value is -1.76. The van der Waals surface area contributed by atoms with Crippen LogP contribution in [0.15, 0.2) is 30.3 Å². The van der Waals surface area contributed by atoms with Crippen molar-refractivity contribution in [3.8, 4) is 16.9 Å². The van der Waals surface area contributed by atoms with Crippen LogP contribution in [0.2, 0.25) is 0 Å². The molecule has 0 atom stereocenters. The summed E-state index contributed by atoms with van der Waals surface area (Å²) in [5.74, 6) is 5.56. The van der Waals surface area contributed by atoms with Gasteiger partial charge in [-0.1, -0.05) is 91.5 Å². The first-order valence-corrected chi connectivity index (χ1v) is 16.4. The number of ether oxygens (including phenoxy) is 1. The molecule has 0 amide bonds. The molecule has 2 aromatic carbocycles. The first-order chi connectivity index (χ1) is 18.5. The van der Waals surface area contributed by atoms with Crippen LogP contribution in [0.3, 0.4) is 0 Å². The Morgan fingerprint density at radius 3 is 1.82 bits per heavy atom. The molecule has 210 valence electrons. The van der Waals surface area contributed by atoms with E-state index in [0.29, 0.717) is 5.92 Å². The highest BCUT2D eigenvalue weighted by atomic mass is 16.5. The van der Waals surface area contributed by atoms with Crippen LogP contribution in [0.5, 0.6) is 5.75 Å². The molecule has 1 heteroatoms. The van der Waals surface area contributed by atoms with E-state index < -0.39 is 0 Å². The minimum atomic E-state index is 0.642. The van der Waals surface area contributed by atoms with Gasteiger partial charge in [-0.25, -0.2) is 0 Å². The minimum Gasteiger partial charge on any atom is -0.493 e. The smallest absolute Gasteiger partial charge is 0.125 e. The number of benzene rings is 2. The van der Waals surface area contributed by atoms with Gasteiger partial charge in [0.2, 0.25) is 0 Å². The summed E-state index contributed by atoms with van der Waals surface area (Å²) in [5, 5.41) is 0. The molecule has 0 spiro atoms. The SMILES string of the molecule is CCc1cc(-c2ccc(C3CCC(C4CCC(C)CC4)CC3)cc2)c(CC)c(CC)c1OCC(CC)CC. The molecule has 0 aromatic heterocycles. The largest absolute Gasteiger partial charge is 0.493 e. The molecule has 2 saturated carbocycles. The molecule has 2 aliphatic carbocycles. The van der Waals surface area contributed by atoms with Crippen LogP contribution in [-0.2, 0) is 19.3 Å². The lowest BCUT2D eigenvalue weighted by Gasteiger charge is -2.37. The van der Waals surface area contributed by atoms with E-state index in [1.165, 1.54) is 97.8 Å². The highest BCUT2D eigenvalue weighted by molar-refractivity contribution is 5.73. The minimum absolute atomic E-state index is 0.642. The maximum atomic E-state index is 6.58. The standard InChI is InChI=1S/C37H56O/c1-7-27(8-2)25-38-37-28(9-3)24-36(34(10-4)35(37)11-5)33-22-20-32(21-23-33)31-18-16-30(17-19-31)29-14-12-26(6)13-15-29/h20-24,26-27,29-31H,7-19,25H2,1-6H3. The normalized spacial score (nSPS) is 24.1. The molecular formula is C37H56O. The first-order valence-electron chi connectivity index (χ1n) is 16.4. The van der Waals surface area contributed by atoms with Gasteiger partial charge in [-0.2, -0.15) is 0 Å². The maximum absolute atomic E-state index is 6.58. The average molecular weight is 517 g/mol. The molecule has 0 unspecified atom stereocenters. The summed E-state index contributed by atoms with van der Waals surface area (Å²) in [5.41, 5.74) is 8.68. The number of hydrogen-bond acceptors (Lipinski definition) is 1. The van der Waals surface area contributed by atoms with Gasteiger partial charge in [-0.15, -0.1) is 0 Å². The van der Waals surface area contributed by atoms with E-state index in [-0.39, 0.29) is 0 Å². The van der Waals surface area contributed by atoms with Crippen LogP contribution in [0.25, 0.3) is 11.1 Å². The van der Waals surface area contributed by atoms with Crippen LogP contribution in [0.1, 0.15) is 134 Å². The van der Waals surface area contributed by atoms with Crippen LogP contribution >= 0.6 is 0 Å². The zero-order valence-corrected chi connectivity index (χ0v) is 25.6. The van der Waals surface area contributed by atoms with Gasteiger partial charge in [0.05, 0.1) is 6.61 Å². The first kappa shape index (κ1) is 29.2. The van der Waals surface area contributed by atoms with Crippen molar-refractivity contribution in [2.45, 2.75) is 131 Å². The van der Waals surface area contributed by atoms with Crippen molar-refractivity contribution in [2.75, 3.05) is 6.61 Å². The topological polar surface area (TPSA) is 9.23 Å². The Kier molecular flexibility index (Phi) is 10.8. The van der Waals surface area contributed by atoms with Gasteiger partial charge < -0.3 is 4.74 Å². The van der Waals surface area contributed by atoms with Crippen molar-refractivity contribution in [3.63, 3.8) is 0 Å². The molecule has 1 nitrogen and oxygen atoms in total. The van der Waals surface area contributed by atoms with E-state index in [1.807, 2.05) is 0 Å². The highest BCUT2D eigenvalue weighted by Gasteiger charge is 2.30. The van der Waals surface area contributed by atoms with Gasteiger partial charge in [0.1, 0.15) is 5.75 Å². The second-order valence-corrected chi connectivity index (χ2v) is 12.7. The molecule has 0 N–H and O–H groups in total. The fourth-order valence-electron chi connectivity index (χ4n) is 7.64.